The van der Waals surface area contributed by atoms with Crippen LogP contribution in [0.3, 0.4) is 0 Å². The topological polar surface area (TPSA) is 30.5 Å². The molecule has 0 aromatic heterocycles. The minimum atomic E-state index is 0.198. The van der Waals surface area contributed by atoms with Gasteiger partial charge < -0.3 is 14.8 Å². The Kier molecular flexibility index (Phi) is 4.98. The maximum absolute atomic E-state index is 5.63. The van der Waals surface area contributed by atoms with Gasteiger partial charge in [-0.2, -0.15) is 0 Å². The molecule has 0 saturated heterocycles. The van der Waals surface area contributed by atoms with Crippen molar-refractivity contribution >= 4 is 0 Å². The van der Waals surface area contributed by atoms with Gasteiger partial charge in [0, 0.05) is 7.11 Å². The average molecular weight is 199 g/mol. The summed E-state index contributed by atoms with van der Waals surface area (Å²) in [4.78, 5) is 0. The molecule has 82 valence electrons. The van der Waals surface area contributed by atoms with Gasteiger partial charge in [-0.05, 0) is 32.4 Å². The van der Waals surface area contributed by atoms with Gasteiger partial charge in [-0.1, -0.05) is 6.92 Å². The standard InChI is InChI=1S/C11H21NO2/c1-4-9(13-3)11(12-2)10-7-5-6-8-14-10/h7,9,11-12H,4-6,8H2,1-3H3. The summed E-state index contributed by atoms with van der Waals surface area (Å²) in [7, 11) is 3.70. The summed E-state index contributed by atoms with van der Waals surface area (Å²) >= 11 is 0. The molecule has 1 heterocycles. The smallest absolute Gasteiger partial charge is 0.112 e. The average Bonchev–Trinajstić information content (AvgIpc) is 2.27. The van der Waals surface area contributed by atoms with Crippen LogP contribution >= 0.6 is 0 Å². The normalized spacial score (nSPS) is 20.9. The molecule has 3 heteroatoms. The van der Waals surface area contributed by atoms with E-state index in [1.54, 1.807) is 7.11 Å². The Morgan fingerprint density at radius 1 is 1.64 bits per heavy atom. The highest BCUT2D eigenvalue weighted by molar-refractivity contribution is 5.08. The third-order valence-electron chi connectivity index (χ3n) is 2.66. The highest BCUT2D eigenvalue weighted by Gasteiger charge is 2.24. The minimum Gasteiger partial charge on any atom is -0.496 e. The monoisotopic (exact) mass is 199 g/mol. The van der Waals surface area contributed by atoms with Crippen molar-refractivity contribution in [2.24, 2.45) is 0 Å². The Bertz CT molecular complexity index is 188. The predicted molar refractivity (Wildman–Crippen MR) is 57.2 cm³/mol. The maximum Gasteiger partial charge on any atom is 0.112 e. The summed E-state index contributed by atoms with van der Waals surface area (Å²) < 4.78 is 11.1. The molecular weight excluding hydrogens is 178 g/mol. The molecule has 0 saturated carbocycles. The fourth-order valence-electron chi connectivity index (χ4n) is 1.84. The molecule has 1 rings (SSSR count). The zero-order chi connectivity index (χ0) is 10.4. The SMILES string of the molecule is CCC(OC)C(NC)C1=CCCCO1. The van der Waals surface area contributed by atoms with Gasteiger partial charge in [0.2, 0.25) is 0 Å². The van der Waals surface area contributed by atoms with E-state index in [9.17, 15) is 0 Å². The van der Waals surface area contributed by atoms with Crippen LogP contribution < -0.4 is 5.32 Å². The first-order chi connectivity index (χ1) is 6.83. The third kappa shape index (κ3) is 2.72. The summed E-state index contributed by atoms with van der Waals surface area (Å²) in [5, 5.41) is 3.26. The van der Waals surface area contributed by atoms with E-state index in [2.05, 4.69) is 18.3 Å². The Hall–Kier alpha value is -0.540. The molecule has 0 fully saturated rings. The molecule has 1 aliphatic heterocycles. The number of nitrogens with one attached hydrogen (secondary N) is 1. The van der Waals surface area contributed by atoms with Crippen LogP contribution in [-0.2, 0) is 9.47 Å². The number of allylic oxidation sites excluding steroid dienone is 1. The largest absolute Gasteiger partial charge is 0.496 e. The van der Waals surface area contributed by atoms with Gasteiger partial charge in [0.15, 0.2) is 0 Å². The molecule has 0 radical (unpaired) electrons. The van der Waals surface area contributed by atoms with Crippen LogP contribution in [0.15, 0.2) is 11.8 Å². The van der Waals surface area contributed by atoms with Crippen molar-refractivity contribution in [3.05, 3.63) is 11.8 Å². The fourth-order valence-corrected chi connectivity index (χ4v) is 1.84. The lowest BCUT2D eigenvalue weighted by Crippen LogP contribution is -2.41. The second kappa shape index (κ2) is 6.04. The molecule has 0 aliphatic carbocycles. The zero-order valence-electron chi connectivity index (χ0n) is 9.38. The lowest BCUT2D eigenvalue weighted by Gasteiger charge is -2.28. The van der Waals surface area contributed by atoms with E-state index in [-0.39, 0.29) is 12.1 Å². The molecule has 2 atom stereocenters. The molecule has 0 aromatic carbocycles. The Morgan fingerprint density at radius 2 is 2.43 bits per heavy atom. The minimum absolute atomic E-state index is 0.198. The first-order valence-electron chi connectivity index (χ1n) is 5.36. The van der Waals surface area contributed by atoms with Gasteiger partial charge in [0.05, 0.1) is 18.8 Å². The van der Waals surface area contributed by atoms with Gasteiger partial charge in [-0.25, -0.2) is 0 Å². The Labute approximate surface area is 86.5 Å². The second-order valence-electron chi connectivity index (χ2n) is 3.55. The molecular formula is C11H21NO2. The molecule has 0 spiro atoms. The van der Waals surface area contributed by atoms with E-state index in [1.807, 2.05) is 7.05 Å². The first kappa shape index (κ1) is 11.5. The molecule has 1 aliphatic rings. The van der Waals surface area contributed by atoms with Crippen LogP contribution in [-0.4, -0.2) is 32.9 Å². The molecule has 2 unspecified atom stereocenters. The molecule has 3 nitrogen and oxygen atoms in total. The van der Waals surface area contributed by atoms with E-state index in [1.165, 1.54) is 0 Å². The molecule has 0 amide bonds. The van der Waals surface area contributed by atoms with Gasteiger partial charge in [0.25, 0.3) is 0 Å². The summed E-state index contributed by atoms with van der Waals surface area (Å²) in [6, 6.07) is 0.199. The van der Waals surface area contributed by atoms with Crippen molar-refractivity contribution < 1.29 is 9.47 Å². The van der Waals surface area contributed by atoms with Crippen molar-refractivity contribution in [2.75, 3.05) is 20.8 Å². The Morgan fingerprint density at radius 3 is 2.86 bits per heavy atom. The highest BCUT2D eigenvalue weighted by Crippen LogP contribution is 2.18. The summed E-state index contributed by atoms with van der Waals surface area (Å²) in [5.41, 5.74) is 0. The van der Waals surface area contributed by atoms with Gasteiger partial charge in [0.1, 0.15) is 5.76 Å². The van der Waals surface area contributed by atoms with Crippen LogP contribution in [0.4, 0.5) is 0 Å². The van der Waals surface area contributed by atoms with Crippen LogP contribution in [0.2, 0.25) is 0 Å². The maximum atomic E-state index is 5.63. The zero-order valence-corrected chi connectivity index (χ0v) is 9.38. The lowest BCUT2D eigenvalue weighted by atomic mass is 10.0. The fraction of sp³-hybridized carbons (Fsp3) is 0.818. The van der Waals surface area contributed by atoms with E-state index in [4.69, 9.17) is 9.47 Å². The number of hydrogen-bond acceptors (Lipinski definition) is 3. The number of methoxy groups -OCH3 is 1. The molecule has 0 aromatic rings. The van der Waals surface area contributed by atoms with Crippen molar-refractivity contribution in [1.29, 1.82) is 0 Å². The third-order valence-corrected chi connectivity index (χ3v) is 2.66. The van der Waals surface area contributed by atoms with Crippen LogP contribution in [0, 0.1) is 0 Å². The lowest BCUT2D eigenvalue weighted by molar-refractivity contribution is 0.0501. The van der Waals surface area contributed by atoms with Crippen LogP contribution in [0.5, 0.6) is 0 Å². The Balaban J connectivity index is 2.63. The van der Waals surface area contributed by atoms with Crippen molar-refractivity contribution in [3.8, 4) is 0 Å². The van der Waals surface area contributed by atoms with E-state index < -0.39 is 0 Å². The van der Waals surface area contributed by atoms with E-state index in [0.717, 1.165) is 31.6 Å². The summed E-state index contributed by atoms with van der Waals surface area (Å²) in [6.07, 6.45) is 5.61. The van der Waals surface area contributed by atoms with E-state index in [0.29, 0.717) is 0 Å². The van der Waals surface area contributed by atoms with Crippen molar-refractivity contribution in [2.45, 2.75) is 38.3 Å². The van der Waals surface area contributed by atoms with Gasteiger partial charge in [-0.3, -0.25) is 0 Å². The quantitative estimate of drug-likeness (QED) is 0.731. The number of likely N-dealkylation sites (N-methyl/N-ethyl adjacent to an activating group) is 1. The molecule has 0 bridgehead atoms. The number of hydrogen-bond donors (Lipinski definition) is 1. The predicted octanol–water partition coefficient (Wildman–Crippen LogP) is 1.69. The molecule has 1 N–H and O–H groups in total. The van der Waals surface area contributed by atoms with Crippen molar-refractivity contribution in [3.63, 3.8) is 0 Å². The number of rotatable bonds is 5. The highest BCUT2D eigenvalue weighted by atomic mass is 16.5. The van der Waals surface area contributed by atoms with E-state index >= 15 is 0 Å². The first-order valence-corrected chi connectivity index (χ1v) is 5.36. The molecule has 14 heavy (non-hydrogen) atoms. The van der Waals surface area contributed by atoms with Crippen molar-refractivity contribution in [1.82, 2.24) is 5.32 Å². The van der Waals surface area contributed by atoms with Gasteiger partial charge in [-0.15, -0.1) is 0 Å². The number of ether oxygens (including phenoxy) is 2. The second-order valence-corrected chi connectivity index (χ2v) is 3.55. The van der Waals surface area contributed by atoms with Crippen LogP contribution in [0.1, 0.15) is 26.2 Å². The summed E-state index contributed by atoms with van der Waals surface area (Å²) in [6.45, 7) is 2.96. The summed E-state index contributed by atoms with van der Waals surface area (Å²) in [5.74, 6) is 1.05. The van der Waals surface area contributed by atoms with Gasteiger partial charge >= 0.3 is 0 Å². The van der Waals surface area contributed by atoms with Crippen LogP contribution in [0.25, 0.3) is 0 Å².